The van der Waals surface area contributed by atoms with Crippen LogP contribution in [0, 0.1) is 6.92 Å². The number of nitrogens with zero attached hydrogens (tertiary/aromatic N) is 1. The fourth-order valence-corrected chi connectivity index (χ4v) is 3.71. The van der Waals surface area contributed by atoms with Gasteiger partial charge in [0.1, 0.15) is 5.58 Å². The van der Waals surface area contributed by atoms with Crippen molar-refractivity contribution < 1.29 is 13.9 Å². The van der Waals surface area contributed by atoms with Crippen LogP contribution in [-0.2, 0) is 4.74 Å². The average molecular weight is 398 g/mol. The van der Waals surface area contributed by atoms with Gasteiger partial charge >= 0.3 is 5.97 Å². The number of rotatable bonds is 3. The molecule has 0 saturated carbocycles. The molecule has 0 aliphatic carbocycles. The number of furan rings is 1. The summed E-state index contributed by atoms with van der Waals surface area (Å²) in [4.78, 5) is 32.3. The number of hydrogen-bond acceptors (Lipinski definition) is 5. The van der Waals surface area contributed by atoms with Crippen LogP contribution in [0.1, 0.15) is 35.0 Å². The number of para-hydroxylation sites is 1. The smallest absolute Gasteiger partial charge is 0.375 e. The molecule has 0 bridgehead atoms. The summed E-state index contributed by atoms with van der Waals surface area (Å²) < 4.78 is 11.5. The summed E-state index contributed by atoms with van der Waals surface area (Å²) in [5.74, 6) is -0.168. The molecule has 0 spiro atoms. The molecule has 1 N–H and O–H groups in total. The lowest BCUT2D eigenvalue weighted by atomic mass is 10.1. The fourth-order valence-electron chi connectivity index (χ4n) is 3.71. The number of aromatic nitrogens is 2. The maximum absolute atomic E-state index is 12.9. The number of aryl methyl sites for hydroxylation is 1. The van der Waals surface area contributed by atoms with E-state index in [0.717, 1.165) is 16.2 Å². The first-order chi connectivity index (χ1) is 14.5. The van der Waals surface area contributed by atoms with Crippen molar-refractivity contribution in [2.24, 2.45) is 0 Å². The maximum Gasteiger partial charge on any atom is 0.375 e. The summed E-state index contributed by atoms with van der Waals surface area (Å²) in [5, 5.41) is 3.32. The lowest BCUT2D eigenvalue weighted by molar-refractivity contribution is 0.0285. The molecule has 0 radical (unpaired) electrons. The minimum atomic E-state index is -0.751. The molecule has 0 amide bonds. The van der Waals surface area contributed by atoms with E-state index in [1.807, 2.05) is 43.3 Å². The standard InChI is InChI=1S/C24H18N2O4/c1-13-16-12-11-15-7-3-4-8-17(15)21(16)30-20(13)24(28)29-14(2)22-25-19-10-6-5-9-18(19)23(27)26-22/h3-12,14H,1-2H3,(H,25,26,27)/t14-/m1/s1. The van der Waals surface area contributed by atoms with E-state index in [4.69, 9.17) is 9.15 Å². The average Bonchev–Trinajstić information content (AvgIpc) is 3.11. The van der Waals surface area contributed by atoms with E-state index >= 15 is 0 Å². The minimum Gasteiger partial charge on any atom is -0.449 e. The highest BCUT2D eigenvalue weighted by Gasteiger charge is 2.23. The molecule has 5 aromatic rings. The van der Waals surface area contributed by atoms with E-state index < -0.39 is 12.1 Å². The van der Waals surface area contributed by atoms with Crippen molar-refractivity contribution in [2.75, 3.05) is 0 Å². The molecular weight excluding hydrogens is 380 g/mol. The van der Waals surface area contributed by atoms with Gasteiger partial charge in [-0.1, -0.05) is 48.5 Å². The molecule has 0 aliphatic heterocycles. The number of carbonyl (C=O) groups is 1. The number of nitrogens with one attached hydrogen (secondary N) is 1. The highest BCUT2D eigenvalue weighted by Crippen LogP contribution is 2.32. The number of benzene rings is 3. The second-order valence-electron chi connectivity index (χ2n) is 7.24. The van der Waals surface area contributed by atoms with Gasteiger partial charge in [0, 0.05) is 16.3 Å². The van der Waals surface area contributed by atoms with Gasteiger partial charge < -0.3 is 14.1 Å². The summed E-state index contributed by atoms with van der Waals surface area (Å²) in [7, 11) is 0. The Morgan fingerprint density at radius 1 is 1.00 bits per heavy atom. The highest BCUT2D eigenvalue weighted by molar-refractivity contribution is 6.08. The number of hydrogen-bond donors (Lipinski definition) is 1. The van der Waals surface area contributed by atoms with Crippen LogP contribution < -0.4 is 5.56 Å². The number of carbonyl (C=O) groups excluding carboxylic acids is 1. The van der Waals surface area contributed by atoms with Crippen LogP contribution in [0.3, 0.4) is 0 Å². The molecule has 2 heterocycles. The third-order valence-corrected chi connectivity index (χ3v) is 5.31. The Morgan fingerprint density at radius 2 is 1.73 bits per heavy atom. The van der Waals surface area contributed by atoms with Crippen LogP contribution in [-0.4, -0.2) is 15.9 Å². The third-order valence-electron chi connectivity index (χ3n) is 5.31. The van der Waals surface area contributed by atoms with Crippen molar-refractivity contribution in [1.29, 1.82) is 0 Å². The Morgan fingerprint density at radius 3 is 2.57 bits per heavy atom. The largest absolute Gasteiger partial charge is 0.449 e. The molecule has 6 nitrogen and oxygen atoms in total. The second kappa shape index (κ2) is 6.84. The van der Waals surface area contributed by atoms with Gasteiger partial charge in [0.15, 0.2) is 11.9 Å². The summed E-state index contributed by atoms with van der Waals surface area (Å²) >= 11 is 0. The monoisotopic (exact) mass is 398 g/mol. The van der Waals surface area contributed by atoms with E-state index in [2.05, 4.69) is 9.97 Å². The van der Waals surface area contributed by atoms with Crippen LogP contribution in [0.2, 0.25) is 0 Å². The maximum atomic E-state index is 12.9. The normalized spacial score (nSPS) is 12.5. The van der Waals surface area contributed by atoms with Crippen molar-refractivity contribution in [2.45, 2.75) is 20.0 Å². The highest BCUT2D eigenvalue weighted by atomic mass is 16.6. The fraction of sp³-hybridized carbons (Fsp3) is 0.125. The van der Waals surface area contributed by atoms with E-state index in [-0.39, 0.29) is 17.1 Å². The van der Waals surface area contributed by atoms with Crippen LogP contribution >= 0.6 is 0 Å². The van der Waals surface area contributed by atoms with Gasteiger partial charge in [-0.05, 0) is 31.4 Å². The van der Waals surface area contributed by atoms with E-state index in [1.165, 1.54) is 0 Å². The Kier molecular flexibility index (Phi) is 4.13. The van der Waals surface area contributed by atoms with Crippen LogP contribution in [0.5, 0.6) is 0 Å². The van der Waals surface area contributed by atoms with Crippen molar-refractivity contribution in [1.82, 2.24) is 9.97 Å². The van der Waals surface area contributed by atoms with Crippen molar-refractivity contribution in [3.63, 3.8) is 0 Å². The van der Waals surface area contributed by atoms with Gasteiger partial charge in [-0.25, -0.2) is 9.78 Å². The van der Waals surface area contributed by atoms with Gasteiger partial charge in [-0.15, -0.1) is 0 Å². The van der Waals surface area contributed by atoms with Crippen molar-refractivity contribution in [3.05, 3.63) is 88.2 Å². The van der Waals surface area contributed by atoms with Crippen molar-refractivity contribution in [3.8, 4) is 0 Å². The summed E-state index contributed by atoms with van der Waals surface area (Å²) in [6, 6.07) is 18.8. The molecular formula is C24H18N2O4. The molecule has 148 valence electrons. The van der Waals surface area contributed by atoms with E-state index in [0.29, 0.717) is 22.0 Å². The number of H-pyrrole nitrogens is 1. The molecule has 30 heavy (non-hydrogen) atoms. The Bertz CT molecular complexity index is 1500. The molecule has 0 unspecified atom stereocenters. The zero-order chi connectivity index (χ0) is 20.8. The molecule has 0 fully saturated rings. The molecule has 2 aromatic heterocycles. The minimum absolute atomic E-state index is 0.149. The molecule has 3 aromatic carbocycles. The lowest BCUT2D eigenvalue weighted by Crippen LogP contribution is -2.17. The van der Waals surface area contributed by atoms with Gasteiger partial charge in [-0.3, -0.25) is 4.79 Å². The lowest BCUT2D eigenvalue weighted by Gasteiger charge is -2.12. The first-order valence-electron chi connectivity index (χ1n) is 9.63. The van der Waals surface area contributed by atoms with Crippen LogP contribution in [0.4, 0.5) is 0 Å². The van der Waals surface area contributed by atoms with Gasteiger partial charge in [0.05, 0.1) is 10.9 Å². The SMILES string of the molecule is Cc1c(C(=O)O[C@H](C)c2nc3ccccc3c(=O)[nH]2)oc2c1ccc1ccccc12. The summed E-state index contributed by atoms with van der Waals surface area (Å²) in [6.07, 6.45) is -0.751. The van der Waals surface area contributed by atoms with Crippen LogP contribution in [0.25, 0.3) is 32.6 Å². The zero-order valence-corrected chi connectivity index (χ0v) is 16.4. The predicted octanol–water partition coefficient (Wildman–Crippen LogP) is 5.05. The molecule has 0 aliphatic rings. The molecule has 5 rings (SSSR count). The number of fused-ring (bicyclic) bond motifs is 4. The number of aromatic amines is 1. The third kappa shape index (κ3) is 2.85. The summed E-state index contributed by atoms with van der Waals surface area (Å²) in [5.41, 5.74) is 1.64. The van der Waals surface area contributed by atoms with Gasteiger partial charge in [-0.2, -0.15) is 0 Å². The first kappa shape index (κ1) is 18.1. The van der Waals surface area contributed by atoms with E-state index in [9.17, 15) is 9.59 Å². The Labute approximate surface area is 171 Å². The Hall–Kier alpha value is -3.93. The van der Waals surface area contributed by atoms with E-state index in [1.54, 1.807) is 31.2 Å². The molecule has 6 heteroatoms. The predicted molar refractivity (Wildman–Crippen MR) is 115 cm³/mol. The quantitative estimate of drug-likeness (QED) is 0.430. The molecule has 1 atom stereocenters. The number of ether oxygens (including phenoxy) is 1. The van der Waals surface area contributed by atoms with Crippen molar-refractivity contribution >= 4 is 38.6 Å². The molecule has 0 saturated heterocycles. The second-order valence-corrected chi connectivity index (χ2v) is 7.24. The van der Waals surface area contributed by atoms with Gasteiger partial charge in [0.2, 0.25) is 5.76 Å². The van der Waals surface area contributed by atoms with Crippen LogP contribution in [0.15, 0.2) is 69.9 Å². The summed E-state index contributed by atoms with van der Waals surface area (Å²) in [6.45, 7) is 3.50. The topological polar surface area (TPSA) is 85.2 Å². The number of esters is 1. The first-order valence-corrected chi connectivity index (χ1v) is 9.63. The Balaban J connectivity index is 1.51. The zero-order valence-electron chi connectivity index (χ0n) is 16.4. The van der Waals surface area contributed by atoms with Gasteiger partial charge in [0.25, 0.3) is 5.56 Å².